The number of hydrogen-bond donors (Lipinski definition) is 1. The van der Waals surface area contributed by atoms with Crippen molar-refractivity contribution in [3.05, 3.63) is 35.5 Å². The van der Waals surface area contributed by atoms with Crippen LogP contribution in [0.25, 0.3) is 0 Å². The van der Waals surface area contributed by atoms with Gasteiger partial charge >= 0.3 is 6.03 Å². The van der Waals surface area contributed by atoms with E-state index in [0.717, 1.165) is 0 Å². The molecule has 62 valence electrons. The zero-order valence-electron chi connectivity index (χ0n) is 6.18. The number of nitrogens with zero attached hydrogens (tertiary/aromatic N) is 2. The number of rotatable bonds is 1. The number of hydrogen-bond acceptors (Lipinski definition) is 2. The number of carbonyl (C=O) groups is 1. The third-order valence-corrected chi connectivity index (χ3v) is 1.17. The normalized spacial score (nSPS) is 11.2. The van der Waals surface area contributed by atoms with E-state index in [1.807, 2.05) is 0 Å². The Kier molecular flexibility index (Phi) is 2.37. The van der Waals surface area contributed by atoms with Gasteiger partial charge in [0.25, 0.3) is 0 Å². The average Bonchev–Trinajstić information content (AvgIpc) is 2.05. The summed E-state index contributed by atoms with van der Waals surface area (Å²) in [5, 5.41) is 13.9. The van der Waals surface area contributed by atoms with Gasteiger partial charge in [-0.3, -0.25) is 0 Å². The van der Waals surface area contributed by atoms with Gasteiger partial charge in [-0.25, -0.2) is 4.79 Å². The second-order valence-electron chi connectivity index (χ2n) is 2.05. The number of urea groups is 1. The number of nitrogens with two attached hydrogens (primary N) is 1. The van der Waals surface area contributed by atoms with Crippen molar-refractivity contribution in [3.63, 3.8) is 0 Å². The highest BCUT2D eigenvalue weighted by atomic mass is 16.5. The second kappa shape index (κ2) is 3.47. The van der Waals surface area contributed by atoms with Gasteiger partial charge in [-0.05, 0) is 4.86 Å². The second-order valence-corrected chi connectivity index (χ2v) is 2.05. The largest absolute Gasteiger partial charge is 0.594 e. The van der Waals surface area contributed by atoms with E-state index in [9.17, 15) is 10.0 Å². The van der Waals surface area contributed by atoms with Gasteiger partial charge in [-0.1, -0.05) is 18.2 Å². The first-order valence-electron chi connectivity index (χ1n) is 3.23. The van der Waals surface area contributed by atoms with E-state index in [1.165, 1.54) is 12.1 Å². The maximum atomic E-state index is 10.9. The summed E-state index contributed by atoms with van der Waals surface area (Å²) in [6.45, 7) is 0. The number of azo groups is 1. The van der Waals surface area contributed by atoms with Crippen molar-refractivity contribution in [2.75, 3.05) is 0 Å². The van der Waals surface area contributed by atoms with Gasteiger partial charge in [-0.2, -0.15) is 0 Å². The van der Waals surface area contributed by atoms with E-state index in [4.69, 9.17) is 0 Å². The van der Waals surface area contributed by atoms with Gasteiger partial charge in [-0.15, -0.1) is 0 Å². The number of para-hydroxylation sites is 1. The molecule has 2 N–H and O–H groups in total. The van der Waals surface area contributed by atoms with Crippen molar-refractivity contribution < 1.29 is 9.66 Å². The van der Waals surface area contributed by atoms with Crippen molar-refractivity contribution in [1.82, 2.24) is 0 Å². The lowest BCUT2D eigenvalue weighted by molar-refractivity contribution is -0.434. The van der Waals surface area contributed by atoms with E-state index in [0.29, 0.717) is 0 Å². The number of amides is 2. The van der Waals surface area contributed by atoms with Crippen LogP contribution < -0.4 is 5.73 Å². The molecule has 0 aromatic heterocycles. The summed E-state index contributed by atoms with van der Waals surface area (Å²) in [6.07, 6.45) is 0. The molecule has 2 amide bonds. The van der Waals surface area contributed by atoms with Crippen molar-refractivity contribution in [3.8, 4) is 0 Å². The summed E-state index contributed by atoms with van der Waals surface area (Å²) in [4.78, 5) is 10.4. The van der Waals surface area contributed by atoms with Gasteiger partial charge < -0.3 is 10.9 Å². The molecule has 1 aromatic carbocycles. The summed E-state index contributed by atoms with van der Waals surface area (Å²) < 4.78 is 0. The monoisotopic (exact) mass is 165 g/mol. The van der Waals surface area contributed by atoms with Crippen LogP contribution in [-0.2, 0) is 0 Å². The summed E-state index contributed by atoms with van der Waals surface area (Å²) in [6, 6.07) is 7.13. The minimum absolute atomic E-state index is 0.183. The molecule has 1 aromatic rings. The number of benzene rings is 1. The molecule has 0 saturated carbocycles. The molecule has 0 bridgehead atoms. The highest BCUT2D eigenvalue weighted by Crippen LogP contribution is 2.08. The van der Waals surface area contributed by atoms with Gasteiger partial charge in [0.05, 0.1) is 5.11 Å². The number of carbonyl (C=O) groups excluding carboxylic acids is 1. The topological polar surface area (TPSA) is 81.5 Å². The van der Waals surface area contributed by atoms with E-state index < -0.39 is 6.03 Å². The lowest BCUT2D eigenvalue weighted by Crippen LogP contribution is -2.07. The smallest absolute Gasteiger partial charge is 0.399 e. The van der Waals surface area contributed by atoms with E-state index in [2.05, 4.69) is 10.8 Å². The van der Waals surface area contributed by atoms with Crippen LogP contribution in [0.4, 0.5) is 10.5 Å². The first kappa shape index (κ1) is 8.19. The zero-order chi connectivity index (χ0) is 8.97. The molecule has 5 heteroatoms. The fourth-order valence-electron chi connectivity index (χ4n) is 0.703. The minimum Gasteiger partial charge on any atom is -0.594 e. The molecule has 12 heavy (non-hydrogen) atoms. The van der Waals surface area contributed by atoms with Crippen molar-refractivity contribution >= 4 is 11.7 Å². The van der Waals surface area contributed by atoms with Crippen LogP contribution in [-0.4, -0.2) is 10.9 Å². The van der Waals surface area contributed by atoms with Crippen LogP contribution in [0, 0.1) is 5.21 Å². The molecule has 0 saturated heterocycles. The van der Waals surface area contributed by atoms with Crippen molar-refractivity contribution in [1.29, 1.82) is 0 Å². The fraction of sp³-hybridized carbons (Fsp3) is 0. The Labute approximate surface area is 68.7 Å². The van der Waals surface area contributed by atoms with Crippen LogP contribution in [0.2, 0.25) is 0 Å². The van der Waals surface area contributed by atoms with Crippen molar-refractivity contribution in [2.24, 2.45) is 10.8 Å². The molecule has 0 fully saturated rings. The molecule has 0 aliphatic carbocycles. The molecule has 0 aliphatic rings. The molecular weight excluding hydrogens is 158 g/mol. The van der Waals surface area contributed by atoms with Crippen LogP contribution in [0.1, 0.15) is 0 Å². The van der Waals surface area contributed by atoms with E-state index in [-0.39, 0.29) is 10.5 Å². The maximum Gasteiger partial charge on any atom is 0.399 e. The first-order valence-corrected chi connectivity index (χ1v) is 3.23. The van der Waals surface area contributed by atoms with Crippen molar-refractivity contribution in [2.45, 2.75) is 0 Å². The molecule has 0 atom stereocenters. The Morgan fingerprint density at radius 3 is 2.50 bits per heavy atom. The standard InChI is InChI=1S/C7H7N3O2/c8-7(11)9-10(12)6-4-2-1-3-5-6/h1-5H,(H2,8,11)/b10-9-. The highest BCUT2D eigenvalue weighted by molar-refractivity contribution is 5.71. The fourth-order valence-corrected chi connectivity index (χ4v) is 0.703. The zero-order valence-corrected chi connectivity index (χ0v) is 6.18. The lowest BCUT2D eigenvalue weighted by atomic mass is 10.3. The SMILES string of the molecule is NC(=O)/N=[N+](\[O-])c1ccccc1. The Balaban J connectivity index is 2.93. The predicted octanol–water partition coefficient (Wildman–Crippen LogP) is 1.36. The third-order valence-electron chi connectivity index (χ3n) is 1.17. The summed E-state index contributed by atoms with van der Waals surface area (Å²) in [7, 11) is 0. The van der Waals surface area contributed by atoms with Gasteiger partial charge in [0, 0.05) is 12.1 Å². The summed E-state index contributed by atoms with van der Waals surface area (Å²) in [5.74, 6) is 0. The quantitative estimate of drug-likeness (QED) is 0.387. The van der Waals surface area contributed by atoms with E-state index >= 15 is 0 Å². The van der Waals surface area contributed by atoms with Gasteiger partial charge in [0.1, 0.15) is 0 Å². The maximum absolute atomic E-state index is 10.9. The lowest BCUT2D eigenvalue weighted by Gasteiger charge is -1.95. The Bertz CT molecular complexity index is 308. The van der Waals surface area contributed by atoms with Crippen LogP contribution in [0.15, 0.2) is 35.4 Å². The van der Waals surface area contributed by atoms with Gasteiger partial charge in [0.2, 0.25) is 5.69 Å². The third kappa shape index (κ3) is 2.05. The molecule has 0 heterocycles. The minimum atomic E-state index is -1.01. The molecule has 0 aliphatic heterocycles. The number of primary amides is 1. The molecular formula is C7H7N3O2. The molecule has 1 rings (SSSR count). The van der Waals surface area contributed by atoms with E-state index in [1.54, 1.807) is 18.2 Å². The van der Waals surface area contributed by atoms with Crippen LogP contribution in [0.5, 0.6) is 0 Å². The first-order chi connectivity index (χ1) is 5.70. The summed E-state index contributed by atoms with van der Waals surface area (Å²) in [5.41, 5.74) is 4.96. The van der Waals surface area contributed by atoms with Gasteiger partial charge in [0.15, 0.2) is 0 Å². The van der Waals surface area contributed by atoms with Crippen LogP contribution >= 0.6 is 0 Å². The molecule has 0 spiro atoms. The molecule has 0 radical (unpaired) electrons. The Hall–Kier alpha value is -1.91. The molecule has 5 nitrogen and oxygen atoms in total. The van der Waals surface area contributed by atoms with Crippen LogP contribution in [0.3, 0.4) is 0 Å². The Morgan fingerprint density at radius 2 is 2.00 bits per heavy atom. The Morgan fingerprint density at radius 1 is 1.42 bits per heavy atom. The predicted molar refractivity (Wildman–Crippen MR) is 41.7 cm³/mol. The molecule has 0 unspecified atom stereocenters. The highest BCUT2D eigenvalue weighted by Gasteiger charge is 2.02. The average molecular weight is 165 g/mol. The summed E-state index contributed by atoms with van der Waals surface area (Å²) >= 11 is 0.